The zero-order chi connectivity index (χ0) is 45.6. The Balaban J connectivity index is 0.000000162. The first-order valence-electron chi connectivity index (χ1n) is 20.5. The van der Waals surface area contributed by atoms with E-state index >= 15 is 0 Å². The number of hydrogen-bond acceptors (Lipinski definition) is 6. The second-order valence-corrected chi connectivity index (χ2v) is 14.2. The van der Waals surface area contributed by atoms with Crippen molar-refractivity contribution in [1.29, 1.82) is 0 Å². The van der Waals surface area contributed by atoms with Crippen molar-refractivity contribution in [3.63, 3.8) is 0 Å². The van der Waals surface area contributed by atoms with Gasteiger partial charge in [-0.1, -0.05) is 132 Å². The van der Waals surface area contributed by atoms with Crippen molar-refractivity contribution in [1.82, 2.24) is 39.3 Å². The minimum absolute atomic E-state index is 0. The number of benzene rings is 5. The van der Waals surface area contributed by atoms with Crippen LogP contribution in [0.4, 0.5) is 22.0 Å². The van der Waals surface area contributed by atoms with Crippen LogP contribution in [0.15, 0.2) is 158 Å². The molecule has 4 aromatic heterocycles. The van der Waals surface area contributed by atoms with E-state index < -0.39 is 11.9 Å². The number of alkyl halides is 3. The predicted octanol–water partition coefficient (Wildman–Crippen LogP) is 10.8. The number of nitrogens with zero attached hydrogens (tertiary/aromatic N) is 8. The van der Waals surface area contributed by atoms with Crippen LogP contribution in [0.25, 0.3) is 34.0 Å². The van der Waals surface area contributed by atoms with E-state index in [-0.39, 0.29) is 37.4 Å². The number of hydrogen-bond donors (Lipinski definition) is 0. The Hall–Kier alpha value is -7.16. The topological polar surface area (TPSA) is 98.9 Å². The summed E-state index contributed by atoms with van der Waals surface area (Å²) in [6, 6.07) is 45.6. The van der Waals surface area contributed by atoms with E-state index in [1.54, 1.807) is 10.8 Å². The van der Waals surface area contributed by atoms with Gasteiger partial charge in [-0.3, -0.25) is 18.1 Å². The zero-order valence-corrected chi connectivity index (χ0v) is 38.1. The smallest absolute Gasteiger partial charge is 0.572 e. The summed E-state index contributed by atoms with van der Waals surface area (Å²) in [5.41, 5.74) is 5.27. The van der Waals surface area contributed by atoms with Gasteiger partial charge in [0.05, 0.1) is 26.3 Å². The normalized spacial score (nSPS) is 10.8. The first-order valence-corrected chi connectivity index (χ1v) is 20.5. The average molecular weight is 1070 g/mol. The van der Waals surface area contributed by atoms with Gasteiger partial charge < -0.3 is 24.2 Å². The van der Waals surface area contributed by atoms with Gasteiger partial charge in [-0.2, -0.15) is 13.2 Å². The van der Waals surface area contributed by atoms with Crippen LogP contribution in [-0.2, 0) is 45.9 Å². The molecular weight excluding hydrogens is 1030 g/mol. The summed E-state index contributed by atoms with van der Waals surface area (Å²) in [5, 5.41) is 15.8. The van der Waals surface area contributed by atoms with Crippen molar-refractivity contribution >= 4 is 0 Å². The fraction of sp³-hybridized carbons (Fsp3) is 0.160. The van der Waals surface area contributed by atoms with E-state index in [1.807, 2.05) is 114 Å². The minimum atomic E-state index is -4.50. The van der Waals surface area contributed by atoms with Gasteiger partial charge in [0.2, 0.25) is 0 Å². The van der Waals surface area contributed by atoms with Gasteiger partial charge in [-0.15, -0.1) is 24.3 Å². The third kappa shape index (κ3) is 13.2. The maximum atomic E-state index is 13.3. The second-order valence-electron chi connectivity index (χ2n) is 14.2. The fourth-order valence-electron chi connectivity index (χ4n) is 6.54. The Morgan fingerprint density at radius 2 is 1.06 bits per heavy atom. The van der Waals surface area contributed by atoms with Crippen molar-refractivity contribution in [2.75, 3.05) is 13.2 Å². The van der Waals surface area contributed by atoms with E-state index in [0.29, 0.717) is 61.3 Å². The van der Waals surface area contributed by atoms with Gasteiger partial charge in [-0.25, -0.2) is 15.2 Å². The summed E-state index contributed by atoms with van der Waals surface area (Å²) >= 11 is 0. The molecule has 0 aliphatic carbocycles. The standard InChI is InChI=1S/2C18H16FN2O.C14H10F3N4.Ir/c2*1-2-22-18-12-15(19)8-9-16(18)17-10-11-21(20-17)13-14-6-4-3-5-7-14;15-14(16,17)12-8-11(19-20-12)13-18-6-7-21(13)9-10-4-2-1-3-5-10;/h2*3-8,10-12H,2,13H2,1H3;1-8H,9H2;/q3*-1;+3. The molecule has 0 aliphatic heterocycles. The average Bonchev–Trinajstić information content (AvgIpc) is 4.15. The predicted molar refractivity (Wildman–Crippen MR) is 236 cm³/mol. The molecule has 16 heteroatoms. The van der Waals surface area contributed by atoms with Crippen molar-refractivity contribution in [3.8, 4) is 45.5 Å². The Morgan fingerprint density at radius 1 is 0.606 bits per heavy atom. The number of imidazole rings is 1. The van der Waals surface area contributed by atoms with Crippen LogP contribution in [0.5, 0.6) is 11.5 Å². The molecule has 338 valence electrons. The number of halogens is 5. The zero-order valence-electron chi connectivity index (χ0n) is 35.7. The largest absolute Gasteiger partial charge is 3.00 e. The second kappa shape index (κ2) is 23.2. The molecule has 0 spiro atoms. The van der Waals surface area contributed by atoms with Crippen LogP contribution in [-0.4, -0.2) is 47.4 Å². The summed E-state index contributed by atoms with van der Waals surface area (Å²) in [4.78, 5) is 4.07. The first kappa shape index (κ1) is 48.3. The summed E-state index contributed by atoms with van der Waals surface area (Å²) in [7, 11) is 0. The molecule has 0 amide bonds. The molecule has 0 fully saturated rings. The van der Waals surface area contributed by atoms with Gasteiger partial charge in [0.25, 0.3) is 0 Å². The number of aromatic nitrogens is 8. The molecule has 0 N–H and O–H groups in total. The summed E-state index contributed by atoms with van der Waals surface area (Å²) in [6.07, 6.45) is 2.52. The van der Waals surface area contributed by atoms with E-state index in [9.17, 15) is 22.0 Å². The quantitative estimate of drug-likeness (QED) is 0.0838. The third-order valence-corrected chi connectivity index (χ3v) is 9.48. The SMILES string of the molecule is CCOc1cc(F)c[c-]c1-c1ccn(Cc2ccccc2)n1.CCOc1cc(F)c[c-]c1-c1ccn(Cc2ccccc2)n1.FC(F)(F)c1cc(-c2nccn2Cc2ccccc2)[n-]n1.[Ir+3]. The molecule has 4 heterocycles. The fourth-order valence-corrected chi connectivity index (χ4v) is 6.54. The van der Waals surface area contributed by atoms with Gasteiger partial charge in [0.15, 0.2) is 0 Å². The summed E-state index contributed by atoms with van der Waals surface area (Å²) < 4.78 is 80.7. The molecule has 0 aliphatic rings. The molecule has 9 rings (SSSR count). The first-order chi connectivity index (χ1) is 31.6. The van der Waals surface area contributed by atoms with E-state index in [1.165, 1.54) is 41.6 Å². The van der Waals surface area contributed by atoms with E-state index in [4.69, 9.17) is 9.47 Å². The van der Waals surface area contributed by atoms with Crippen LogP contribution in [0.1, 0.15) is 36.2 Å². The van der Waals surface area contributed by atoms with Gasteiger partial charge in [0, 0.05) is 65.9 Å². The van der Waals surface area contributed by atoms with Crippen LogP contribution in [0, 0.1) is 23.8 Å². The molecule has 10 nitrogen and oxygen atoms in total. The van der Waals surface area contributed by atoms with E-state index in [2.05, 4.69) is 61.8 Å². The molecule has 0 bridgehead atoms. The van der Waals surface area contributed by atoms with Crippen LogP contribution in [0.3, 0.4) is 0 Å². The minimum Gasteiger partial charge on any atom is -0.572 e. The van der Waals surface area contributed by atoms with Crippen LogP contribution < -0.4 is 14.6 Å². The van der Waals surface area contributed by atoms with Crippen molar-refractivity contribution < 1.29 is 51.5 Å². The number of rotatable bonds is 13. The monoisotopic (exact) mass is 1070 g/mol. The Bertz CT molecular complexity index is 2730. The summed E-state index contributed by atoms with van der Waals surface area (Å²) in [6.45, 7) is 6.54. The molecule has 0 unspecified atom stereocenters. The molecule has 0 atom stereocenters. The van der Waals surface area contributed by atoms with Crippen molar-refractivity contribution in [2.45, 2.75) is 39.7 Å². The Morgan fingerprint density at radius 3 is 1.48 bits per heavy atom. The third-order valence-electron chi connectivity index (χ3n) is 9.48. The molecule has 0 saturated carbocycles. The molecular formula is C50H42F5IrN8O2. The van der Waals surface area contributed by atoms with Crippen LogP contribution >= 0.6 is 0 Å². The number of ether oxygens (including phenoxy) is 2. The molecule has 66 heavy (non-hydrogen) atoms. The van der Waals surface area contributed by atoms with Gasteiger partial charge in [-0.05, 0) is 36.6 Å². The molecule has 0 saturated heterocycles. The van der Waals surface area contributed by atoms with E-state index in [0.717, 1.165) is 23.0 Å². The van der Waals surface area contributed by atoms with Crippen LogP contribution in [0.2, 0.25) is 0 Å². The molecule has 9 aromatic rings. The van der Waals surface area contributed by atoms with Crippen molar-refractivity contribution in [3.05, 3.63) is 204 Å². The maximum absolute atomic E-state index is 13.3. The maximum Gasteiger partial charge on any atom is 3.00 e. The van der Waals surface area contributed by atoms with Crippen molar-refractivity contribution in [2.24, 2.45) is 0 Å². The molecule has 0 radical (unpaired) electrons. The summed E-state index contributed by atoms with van der Waals surface area (Å²) in [5.74, 6) is 0.564. The van der Waals surface area contributed by atoms with Gasteiger partial charge in [0.1, 0.15) is 11.5 Å². The molecule has 5 aromatic carbocycles. The Labute approximate surface area is 392 Å². The Kier molecular flexibility index (Phi) is 16.9. The van der Waals surface area contributed by atoms with Gasteiger partial charge >= 0.3 is 26.3 Å².